The van der Waals surface area contributed by atoms with Crippen molar-refractivity contribution in [3.63, 3.8) is 0 Å². The fourth-order valence-corrected chi connectivity index (χ4v) is 2.42. The lowest BCUT2D eigenvalue weighted by Gasteiger charge is -2.17. The van der Waals surface area contributed by atoms with Gasteiger partial charge in [-0.2, -0.15) is 0 Å². The zero-order valence-corrected chi connectivity index (χ0v) is 6.69. The second-order valence-electron chi connectivity index (χ2n) is 3.89. The molecule has 0 amide bonds. The number of hydrogen-bond acceptors (Lipinski definition) is 1. The molecule has 1 aliphatic carbocycles. The maximum Gasteiger partial charge on any atom is 0.252 e. The molecule has 0 bridgehead atoms. The summed E-state index contributed by atoms with van der Waals surface area (Å²) in [6.45, 7) is 1.47. The molecule has 2 rings (SSSR count). The van der Waals surface area contributed by atoms with Crippen molar-refractivity contribution in [2.75, 3.05) is 20.1 Å². The van der Waals surface area contributed by atoms with Crippen molar-refractivity contribution in [1.82, 2.24) is 4.90 Å². The van der Waals surface area contributed by atoms with E-state index in [2.05, 4.69) is 0 Å². The minimum Gasteiger partial charge on any atom is -0.306 e. The summed E-state index contributed by atoms with van der Waals surface area (Å²) < 4.78 is 26.1. The smallest absolute Gasteiger partial charge is 0.252 e. The fourth-order valence-electron chi connectivity index (χ4n) is 2.42. The molecule has 1 saturated carbocycles. The summed E-state index contributed by atoms with van der Waals surface area (Å²) in [5.74, 6) is -2.43. The van der Waals surface area contributed by atoms with E-state index in [-0.39, 0.29) is 18.3 Å². The van der Waals surface area contributed by atoms with E-state index in [4.69, 9.17) is 0 Å². The molecule has 2 aliphatic rings. The lowest BCUT2D eigenvalue weighted by Crippen LogP contribution is -2.27. The van der Waals surface area contributed by atoms with Gasteiger partial charge in [-0.25, -0.2) is 8.78 Å². The molecule has 0 radical (unpaired) electrons. The largest absolute Gasteiger partial charge is 0.306 e. The van der Waals surface area contributed by atoms with Crippen molar-refractivity contribution < 1.29 is 8.78 Å². The summed E-state index contributed by atoms with van der Waals surface area (Å²) in [5, 5.41) is 0. The molecular formula is C8H13F2N. The third-order valence-electron chi connectivity index (χ3n) is 3.01. The van der Waals surface area contributed by atoms with Gasteiger partial charge in [0.2, 0.25) is 0 Å². The van der Waals surface area contributed by atoms with E-state index in [1.807, 2.05) is 11.9 Å². The van der Waals surface area contributed by atoms with E-state index in [1.165, 1.54) is 0 Å². The number of rotatable bonds is 0. The summed E-state index contributed by atoms with van der Waals surface area (Å²) >= 11 is 0. The summed E-state index contributed by atoms with van der Waals surface area (Å²) in [7, 11) is 1.92. The van der Waals surface area contributed by atoms with Crippen LogP contribution in [0.1, 0.15) is 12.8 Å². The number of fused-ring (bicyclic) bond motifs is 1. The molecule has 0 spiro atoms. The quantitative estimate of drug-likeness (QED) is 0.521. The van der Waals surface area contributed by atoms with Crippen molar-refractivity contribution in [2.24, 2.45) is 11.8 Å². The van der Waals surface area contributed by atoms with Gasteiger partial charge < -0.3 is 4.90 Å². The summed E-state index contributed by atoms with van der Waals surface area (Å²) in [6, 6.07) is 0. The van der Waals surface area contributed by atoms with Crippen LogP contribution in [0.5, 0.6) is 0 Å². The van der Waals surface area contributed by atoms with Crippen molar-refractivity contribution >= 4 is 0 Å². The Hall–Kier alpha value is -0.180. The fraction of sp³-hybridized carbons (Fsp3) is 1.00. The normalized spacial score (nSPS) is 42.8. The Labute approximate surface area is 65.4 Å². The standard InChI is InChI=1S/C8H13F2N/c1-11-4-6-2-3-8(9,10)7(6)5-11/h6-7H,2-5H2,1H3/t6-,7+/m1/s1. The van der Waals surface area contributed by atoms with Gasteiger partial charge in [0.05, 0.1) is 0 Å². The highest BCUT2D eigenvalue weighted by Crippen LogP contribution is 2.47. The van der Waals surface area contributed by atoms with E-state index in [1.54, 1.807) is 0 Å². The highest BCUT2D eigenvalue weighted by molar-refractivity contribution is 4.97. The molecule has 2 atom stereocenters. The first kappa shape index (κ1) is 7.47. The van der Waals surface area contributed by atoms with Crippen LogP contribution in [-0.2, 0) is 0 Å². The van der Waals surface area contributed by atoms with Crippen LogP contribution in [0.4, 0.5) is 8.78 Å². The van der Waals surface area contributed by atoms with Crippen LogP contribution in [0.15, 0.2) is 0 Å². The topological polar surface area (TPSA) is 3.24 Å². The summed E-state index contributed by atoms with van der Waals surface area (Å²) in [4.78, 5) is 2.02. The zero-order chi connectivity index (χ0) is 8.06. The van der Waals surface area contributed by atoms with E-state index >= 15 is 0 Å². The van der Waals surface area contributed by atoms with E-state index in [0.717, 1.165) is 13.0 Å². The number of hydrogen-bond donors (Lipinski definition) is 0. The Morgan fingerprint density at radius 3 is 2.73 bits per heavy atom. The lowest BCUT2D eigenvalue weighted by molar-refractivity contribution is -0.0390. The van der Waals surface area contributed by atoms with Gasteiger partial charge in [0, 0.05) is 25.4 Å². The molecule has 11 heavy (non-hydrogen) atoms. The Bertz CT molecular complexity index is 169. The van der Waals surface area contributed by atoms with E-state index < -0.39 is 5.92 Å². The van der Waals surface area contributed by atoms with Gasteiger partial charge in [-0.15, -0.1) is 0 Å². The number of likely N-dealkylation sites (tertiary alicyclic amines) is 1. The molecule has 1 heterocycles. The third kappa shape index (κ3) is 1.06. The second-order valence-corrected chi connectivity index (χ2v) is 3.89. The molecule has 0 aromatic heterocycles. The third-order valence-corrected chi connectivity index (χ3v) is 3.01. The van der Waals surface area contributed by atoms with Crippen molar-refractivity contribution in [1.29, 1.82) is 0 Å². The molecular weight excluding hydrogens is 148 g/mol. The minimum absolute atomic E-state index is 0.121. The maximum atomic E-state index is 13.0. The molecule has 0 N–H and O–H groups in total. The molecule has 3 heteroatoms. The van der Waals surface area contributed by atoms with Crippen LogP contribution in [0.2, 0.25) is 0 Å². The molecule has 64 valence electrons. The Kier molecular flexibility index (Phi) is 1.46. The van der Waals surface area contributed by atoms with Crippen LogP contribution < -0.4 is 0 Å². The first-order valence-electron chi connectivity index (χ1n) is 4.16. The molecule has 1 aliphatic heterocycles. The first-order valence-corrected chi connectivity index (χ1v) is 4.16. The molecule has 1 nitrogen and oxygen atoms in total. The van der Waals surface area contributed by atoms with Crippen LogP contribution in [0.25, 0.3) is 0 Å². The van der Waals surface area contributed by atoms with Gasteiger partial charge in [-0.3, -0.25) is 0 Å². The first-order chi connectivity index (χ1) is 5.09. The van der Waals surface area contributed by atoms with Gasteiger partial charge in [0.15, 0.2) is 0 Å². The second kappa shape index (κ2) is 2.16. The van der Waals surface area contributed by atoms with Crippen molar-refractivity contribution in [3.05, 3.63) is 0 Å². The van der Waals surface area contributed by atoms with Gasteiger partial charge in [0.25, 0.3) is 5.92 Å². The van der Waals surface area contributed by atoms with Crippen LogP contribution in [0, 0.1) is 11.8 Å². The van der Waals surface area contributed by atoms with E-state index in [9.17, 15) is 8.78 Å². The van der Waals surface area contributed by atoms with Gasteiger partial charge in [0.1, 0.15) is 0 Å². The van der Waals surface area contributed by atoms with Gasteiger partial charge >= 0.3 is 0 Å². The SMILES string of the molecule is CN1C[C@H]2CCC(F)(F)[C@H]2C1. The average Bonchev–Trinajstić information content (AvgIpc) is 2.35. The maximum absolute atomic E-state index is 13.0. The highest BCUT2D eigenvalue weighted by atomic mass is 19.3. The van der Waals surface area contributed by atoms with Crippen LogP contribution in [-0.4, -0.2) is 31.0 Å². The number of nitrogens with zero attached hydrogens (tertiary/aromatic N) is 1. The molecule has 0 unspecified atom stereocenters. The Morgan fingerprint density at radius 1 is 1.36 bits per heavy atom. The molecule has 1 saturated heterocycles. The van der Waals surface area contributed by atoms with Crippen LogP contribution in [0.3, 0.4) is 0 Å². The Balaban J connectivity index is 2.13. The van der Waals surface area contributed by atoms with Gasteiger partial charge in [-0.1, -0.05) is 0 Å². The number of halogens is 2. The summed E-state index contributed by atoms with van der Waals surface area (Å²) in [5.41, 5.74) is 0. The molecule has 0 aromatic rings. The zero-order valence-electron chi connectivity index (χ0n) is 6.69. The monoisotopic (exact) mass is 161 g/mol. The summed E-state index contributed by atoms with van der Waals surface area (Å²) in [6.07, 6.45) is 0.845. The highest BCUT2D eigenvalue weighted by Gasteiger charge is 2.52. The van der Waals surface area contributed by atoms with Crippen molar-refractivity contribution in [2.45, 2.75) is 18.8 Å². The molecule has 0 aromatic carbocycles. The minimum atomic E-state index is -2.37. The average molecular weight is 161 g/mol. The molecule has 2 fully saturated rings. The van der Waals surface area contributed by atoms with Gasteiger partial charge in [-0.05, 0) is 19.4 Å². The van der Waals surface area contributed by atoms with Crippen LogP contribution >= 0.6 is 0 Å². The number of alkyl halides is 2. The van der Waals surface area contributed by atoms with Crippen molar-refractivity contribution in [3.8, 4) is 0 Å². The predicted molar refractivity (Wildman–Crippen MR) is 38.7 cm³/mol. The Morgan fingerprint density at radius 2 is 2.09 bits per heavy atom. The lowest BCUT2D eigenvalue weighted by atomic mass is 9.99. The predicted octanol–water partition coefficient (Wildman–Crippen LogP) is 1.59. The van der Waals surface area contributed by atoms with E-state index in [0.29, 0.717) is 6.54 Å².